The van der Waals surface area contributed by atoms with Gasteiger partial charge in [-0.2, -0.15) is 0 Å². The number of imidazole rings is 1. The minimum atomic E-state index is -3.92. The molecule has 0 radical (unpaired) electrons. The van der Waals surface area contributed by atoms with Gasteiger partial charge >= 0.3 is 0 Å². The number of pyridine rings is 1. The Morgan fingerprint density at radius 2 is 1.78 bits per heavy atom. The number of para-hydroxylation sites is 2. The summed E-state index contributed by atoms with van der Waals surface area (Å²) in [6.45, 7) is 2.33. The predicted octanol–water partition coefficient (Wildman–Crippen LogP) is 3.15. The minimum Gasteiger partial charge on any atom is -0.495 e. The molecule has 0 saturated carbocycles. The molecule has 9 nitrogen and oxygen atoms in total. The van der Waals surface area contributed by atoms with Crippen molar-refractivity contribution >= 4 is 21.6 Å². The van der Waals surface area contributed by atoms with Gasteiger partial charge in [0.15, 0.2) is 0 Å². The fraction of sp³-hybridized carbons (Fsp3) is 0.192. The Hall–Kier alpha value is -4.18. The Morgan fingerprint density at radius 3 is 2.53 bits per heavy atom. The number of rotatable bonds is 6. The Kier molecular flexibility index (Phi) is 6.43. The Morgan fingerprint density at radius 1 is 0.972 bits per heavy atom. The van der Waals surface area contributed by atoms with Gasteiger partial charge < -0.3 is 14.5 Å². The standard InChI is InChI=1S/C26H25N5O4S/c1-35-25-10-3-2-9-24(25)29-12-14-30(15-13-29)26(32)20-6-4-8-22(16-20)36(33,34)31-18-23(28-19-31)21-7-5-11-27-17-21/h2-11,16-19H,12-15H2,1H3. The summed E-state index contributed by atoms with van der Waals surface area (Å²) in [4.78, 5) is 25.4. The molecule has 3 heterocycles. The average Bonchev–Trinajstić information content (AvgIpc) is 3.45. The van der Waals surface area contributed by atoms with Crippen molar-refractivity contribution in [1.29, 1.82) is 0 Å². The lowest BCUT2D eigenvalue weighted by atomic mass is 10.1. The zero-order valence-electron chi connectivity index (χ0n) is 19.7. The highest BCUT2D eigenvalue weighted by Crippen LogP contribution is 2.28. The second-order valence-corrected chi connectivity index (χ2v) is 10.2. The first-order valence-electron chi connectivity index (χ1n) is 11.4. The molecule has 1 aliphatic heterocycles. The molecule has 0 spiro atoms. The number of carbonyl (C=O) groups excluding carboxylic acids is 1. The summed E-state index contributed by atoms with van der Waals surface area (Å²) >= 11 is 0. The van der Waals surface area contributed by atoms with E-state index in [4.69, 9.17) is 4.74 Å². The molecule has 0 unspecified atom stereocenters. The van der Waals surface area contributed by atoms with E-state index in [2.05, 4.69) is 14.9 Å². The normalized spacial score (nSPS) is 14.0. The Bertz CT molecular complexity index is 1480. The smallest absolute Gasteiger partial charge is 0.268 e. The van der Waals surface area contributed by atoms with Crippen molar-refractivity contribution in [2.24, 2.45) is 0 Å². The summed E-state index contributed by atoms with van der Waals surface area (Å²) in [5, 5.41) is 0. The minimum absolute atomic E-state index is 0.0242. The number of hydrogen-bond acceptors (Lipinski definition) is 7. The van der Waals surface area contributed by atoms with Gasteiger partial charge in [0.25, 0.3) is 15.9 Å². The topological polar surface area (TPSA) is 97.6 Å². The molecule has 1 fully saturated rings. The summed E-state index contributed by atoms with van der Waals surface area (Å²) in [6.07, 6.45) is 5.95. The monoisotopic (exact) mass is 503 g/mol. The first-order valence-corrected chi connectivity index (χ1v) is 12.9. The van der Waals surface area contributed by atoms with Crippen LogP contribution in [0.1, 0.15) is 10.4 Å². The lowest BCUT2D eigenvalue weighted by Gasteiger charge is -2.36. The van der Waals surface area contributed by atoms with Crippen molar-refractivity contribution in [2.75, 3.05) is 38.2 Å². The van der Waals surface area contributed by atoms with Crippen molar-refractivity contribution < 1.29 is 17.9 Å². The molecule has 0 atom stereocenters. The summed E-state index contributed by atoms with van der Waals surface area (Å²) in [7, 11) is -2.28. The summed E-state index contributed by atoms with van der Waals surface area (Å²) in [5.74, 6) is 0.592. The van der Waals surface area contributed by atoms with E-state index in [0.29, 0.717) is 43.0 Å². The Balaban J connectivity index is 1.32. The van der Waals surface area contributed by atoms with Gasteiger partial charge in [-0.05, 0) is 42.5 Å². The number of nitrogens with zero attached hydrogens (tertiary/aromatic N) is 5. The van der Waals surface area contributed by atoms with E-state index in [9.17, 15) is 13.2 Å². The van der Waals surface area contributed by atoms with Crippen LogP contribution in [-0.2, 0) is 10.0 Å². The number of piperazine rings is 1. The molecule has 2 aromatic carbocycles. The van der Waals surface area contributed by atoms with E-state index in [0.717, 1.165) is 15.4 Å². The van der Waals surface area contributed by atoms with Gasteiger partial charge in [0.05, 0.1) is 23.4 Å². The lowest BCUT2D eigenvalue weighted by molar-refractivity contribution is 0.0746. The first-order chi connectivity index (χ1) is 17.5. The van der Waals surface area contributed by atoms with Gasteiger partial charge in [-0.15, -0.1) is 0 Å². The molecule has 0 bridgehead atoms. The van der Waals surface area contributed by atoms with Crippen LogP contribution in [0.15, 0.2) is 90.5 Å². The third kappa shape index (κ3) is 4.55. The van der Waals surface area contributed by atoms with E-state index in [1.807, 2.05) is 24.3 Å². The van der Waals surface area contributed by atoms with Crippen molar-refractivity contribution in [3.05, 3.63) is 91.1 Å². The molecule has 184 valence electrons. The lowest BCUT2D eigenvalue weighted by Crippen LogP contribution is -2.48. The van der Waals surface area contributed by atoms with Gasteiger partial charge in [0.2, 0.25) is 0 Å². The van der Waals surface area contributed by atoms with Crippen LogP contribution >= 0.6 is 0 Å². The van der Waals surface area contributed by atoms with E-state index in [1.54, 1.807) is 48.7 Å². The molecule has 36 heavy (non-hydrogen) atoms. The maximum atomic E-state index is 13.3. The SMILES string of the molecule is COc1ccccc1N1CCN(C(=O)c2cccc(S(=O)(=O)n3cnc(-c4cccnc4)c3)c2)CC1. The third-order valence-electron chi connectivity index (χ3n) is 6.17. The molecular weight excluding hydrogens is 478 g/mol. The number of benzene rings is 2. The first kappa shape index (κ1) is 23.6. The van der Waals surface area contributed by atoms with E-state index in [-0.39, 0.29) is 10.8 Å². The van der Waals surface area contributed by atoms with Crippen LogP contribution in [0.3, 0.4) is 0 Å². The van der Waals surface area contributed by atoms with E-state index >= 15 is 0 Å². The number of carbonyl (C=O) groups is 1. The number of aromatic nitrogens is 3. The van der Waals surface area contributed by atoms with Crippen LogP contribution in [0.4, 0.5) is 5.69 Å². The number of methoxy groups -OCH3 is 1. The van der Waals surface area contributed by atoms with E-state index < -0.39 is 10.0 Å². The van der Waals surface area contributed by atoms with Crippen LogP contribution in [-0.4, -0.2) is 66.5 Å². The molecule has 0 N–H and O–H groups in total. The number of hydrogen-bond donors (Lipinski definition) is 0. The van der Waals surface area contributed by atoms with Gasteiger partial charge in [0.1, 0.15) is 12.1 Å². The van der Waals surface area contributed by atoms with Crippen LogP contribution in [0.5, 0.6) is 5.75 Å². The number of ether oxygens (including phenoxy) is 1. The molecule has 2 aromatic heterocycles. The van der Waals surface area contributed by atoms with Crippen molar-refractivity contribution in [3.8, 4) is 17.0 Å². The van der Waals surface area contributed by atoms with Crippen molar-refractivity contribution in [1.82, 2.24) is 18.8 Å². The van der Waals surface area contributed by atoms with Gasteiger partial charge in [0, 0.05) is 55.9 Å². The third-order valence-corrected chi connectivity index (χ3v) is 7.77. The molecule has 0 aliphatic carbocycles. The maximum Gasteiger partial charge on any atom is 0.268 e. The van der Waals surface area contributed by atoms with Gasteiger partial charge in [-0.3, -0.25) is 9.78 Å². The second kappa shape index (κ2) is 9.82. The van der Waals surface area contributed by atoms with Crippen LogP contribution in [0.2, 0.25) is 0 Å². The number of amides is 1. The summed E-state index contributed by atoms with van der Waals surface area (Å²) in [6, 6.07) is 17.5. The molecule has 1 saturated heterocycles. The summed E-state index contributed by atoms with van der Waals surface area (Å²) < 4.78 is 33.0. The molecule has 5 rings (SSSR count). The zero-order valence-corrected chi connectivity index (χ0v) is 20.5. The predicted molar refractivity (Wildman–Crippen MR) is 136 cm³/mol. The molecule has 4 aromatic rings. The largest absolute Gasteiger partial charge is 0.495 e. The maximum absolute atomic E-state index is 13.3. The second-order valence-electron chi connectivity index (χ2n) is 8.31. The van der Waals surface area contributed by atoms with Crippen molar-refractivity contribution in [2.45, 2.75) is 4.90 Å². The van der Waals surface area contributed by atoms with E-state index in [1.165, 1.54) is 24.7 Å². The molecule has 1 amide bonds. The average molecular weight is 504 g/mol. The number of anilines is 1. The Labute approximate surface area is 209 Å². The fourth-order valence-electron chi connectivity index (χ4n) is 4.24. The highest BCUT2D eigenvalue weighted by Gasteiger charge is 2.25. The van der Waals surface area contributed by atoms with Crippen LogP contribution in [0.25, 0.3) is 11.3 Å². The highest BCUT2D eigenvalue weighted by atomic mass is 32.2. The quantitative estimate of drug-likeness (QED) is 0.399. The molecule has 10 heteroatoms. The molecule has 1 aliphatic rings. The summed E-state index contributed by atoms with van der Waals surface area (Å²) in [5.41, 5.74) is 2.52. The highest BCUT2D eigenvalue weighted by molar-refractivity contribution is 7.90. The zero-order chi connectivity index (χ0) is 25.1. The van der Waals surface area contributed by atoms with Crippen LogP contribution in [0, 0.1) is 0 Å². The van der Waals surface area contributed by atoms with Gasteiger partial charge in [-0.1, -0.05) is 18.2 Å². The van der Waals surface area contributed by atoms with Crippen LogP contribution < -0.4 is 9.64 Å². The molecular formula is C26H25N5O4S. The fourth-order valence-corrected chi connectivity index (χ4v) is 5.42. The van der Waals surface area contributed by atoms with Crippen molar-refractivity contribution in [3.63, 3.8) is 0 Å². The van der Waals surface area contributed by atoms with Gasteiger partial charge in [-0.25, -0.2) is 17.4 Å².